The van der Waals surface area contributed by atoms with E-state index in [1.54, 1.807) is 19.9 Å². The minimum atomic E-state index is -0.857. The number of fused-ring (bicyclic) bond motifs is 1. The van der Waals surface area contributed by atoms with E-state index in [0.717, 1.165) is 23.3 Å². The lowest BCUT2D eigenvalue weighted by atomic mass is 9.95. The average molecular weight is 227 g/mol. The maximum atomic E-state index is 9.91. The van der Waals surface area contributed by atoms with Crippen LogP contribution in [0.25, 0.3) is 0 Å². The highest BCUT2D eigenvalue weighted by Gasteiger charge is 2.26. The number of hydrogen-bond acceptors (Lipinski definition) is 2. The molecule has 0 bridgehead atoms. The van der Waals surface area contributed by atoms with Crippen LogP contribution >= 0.6 is 11.6 Å². The summed E-state index contributed by atoms with van der Waals surface area (Å²) >= 11 is 6.11. The highest BCUT2D eigenvalue weighted by Crippen LogP contribution is 2.39. The van der Waals surface area contributed by atoms with Crippen LogP contribution in [0.1, 0.15) is 31.9 Å². The molecule has 0 saturated heterocycles. The molecule has 2 nitrogen and oxygen atoms in total. The monoisotopic (exact) mass is 226 g/mol. The fourth-order valence-electron chi connectivity index (χ4n) is 1.84. The van der Waals surface area contributed by atoms with Crippen LogP contribution < -0.4 is 4.74 Å². The molecule has 1 aromatic carbocycles. The van der Waals surface area contributed by atoms with Gasteiger partial charge in [-0.1, -0.05) is 11.6 Å². The lowest BCUT2D eigenvalue weighted by Gasteiger charge is -2.19. The van der Waals surface area contributed by atoms with Gasteiger partial charge in [-0.2, -0.15) is 0 Å². The summed E-state index contributed by atoms with van der Waals surface area (Å²) in [4.78, 5) is 0. The standard InChI is InChI=1S/C12H15ClO2/c1-7-4-8-5-9(12(2,3)14)6-10(13)11(8)15-7/h5-7,14H,4H2,1-3H3. The molecule has 0 aromatic heterocycles. The number of halogens is 1. The summed E-state index contributed by atoms with van der Waals surface area (Å²) in [6, 6.07) is 3.75. The number of hydrogen-bond donors (Lipinski definition) is 1. The van der Waals surface area contributed by atoms with Gasteiger partial charge in [0.1, 0.15) is 11.9 Å². The number of ether oxygens (including phenoxy) is 1. The van der Waals surface area contributed by atoms with Gasteiger partial charge >= 0.3 is 0 Å². The minimum Gasteiger partial charge on any atom is -0.489 e. The van der Waals surface area contributed by atoms with Crippen LogP contribution in [0.3, 0.4) is 0 Å². The van der Waals surface area contributed by atoms with Crippen molar-refractivity contribution in [1.29, 1.82) is 0 Å². The molecule has 0 aliphatic carbocycles. The first-order valence-electron chi connectivity index (χ1n) is 5.10. The summed E-state index contributed by atoms with van der Waals surface area (Å²) in [5, 5.41) is 10.5. The van der Waals surface area contributed by atoms with Crippen LogP contribution in [0.15, 0.2) is 12.1 Å². The Balaban J connectivity index is 2.49. The molecular weight excluding hydrogens is 212 g/mol. The molecular formula is C12H15ClO2. The predicted molar refractivity (Wildman–Crippen MR) is 60.5 cm³/mol. The molecule has 2 rings (SSSR count). The molecule has 1 heterocycles. The van der Waals surface area contributed by atoms with Crippen LogP contribution in [0.4, 0.5) is 0 Å². The lowest BCUT2D eigenvalue weighted by molar-refractivity contribution is 0.0785. The summed E-state index contributed by atoms with van der Waals surface area (Å²) in [5.74, 6) is 0.775. The van der Waals surface area contributed by atoms with Gasteiger partial charge in [0.05, 0.1) is 10.6 Å². The quantitative estimate of drug-likeness (QED) is 0.798. The Labute approximate surface area is 94.8 Å². The predicted octanol–water partition coefficient (Wildman–Crippen LogP) is 2.89. The molecule has 1 N–H and O–H groups in total. The molecule has 1 aromatic rings. The van der Waals surface area contributed by atoms with Crippen molar-refractivity contribution in [2.45, 2.75) is 38.9 Å². The van der Waals surface area contributed by atoms with Gasteiger partial charge in [-0.25, -0.2) is 0 Å². The van der Waals surface area contributed by atoms with E-state index in [2.05, 4.69) is 0 Å². The van der Waals surface area contributed by atoms with E-state index >= 15 is 0 Å². The summed E-state index contributed by atoms with van der Waals surface area (Å²) in [7, 11) is 0. The number of rotatable bonds is 1. The second-order valence-corrected chi connectivity index (χ2v) is 5.05. The smallest absolute Gasteiger partial charge is 0.141 e. The zero-order valence-electron chi connectivity index (χ0n) is 9.17. The Morgan fingerprint density at radius 3 is 2.73 bits per heavy atom. The molecule has 1 unspecified atom stereocenters. The van der Waals surface area contributed by atoms with Gasteiger partial charge < -0.3 is 9.84 Å². The first kappa shape index (κ1) is 10.8. The molecule has 0 spiro atoms. The van der Waals surface area contributed by atoms with Crippen molar-refractivity contribution in [3.63, 3.8) is 0 Å². The van der Waals surface area contributed by atoms with Crippen molar-refractivity contribution in [3.05, 3.63) is 28.3 Å². The van der Waals surface area contributed by atoms with Gasteiger partial charge in [0.2, 0.25) is 0 Å². The van der Waals surface area contributed by atoms with Crippen LogP contribution in [0.5, 0.6) is 5.75 Å². The molecule has 1 aliphatic rings. The van der Waals surface area contributed by atoms with Crippen molar-refractivity contribution in [1.82, 2.24) is 0 Å². The van der Waals surface area contributed by atoms with Crippen molar-refractivity contribution < 1.29 is 9.84 Å². The first-order valence-corrected chi connectivity index (χ1v) is 5.47. The van der Waals surface area contributed by atoms with E-state index < -0.39 is 5.60 Å². The van der Waals surface area contributed by atoms with Gasteiger partial charge in [-0.3, -0.25) is 0 Å². The molecule has 3 heteroatoms. The van der Waals surface area contributed by atoms with E-state index in [9.17, 15) is 5.11 Å². The van der Waals surface area contributed by atoms with E-state index in [1.807, 2.05) is 13.0 Å². The normalized spacial score (nSPS) is 19.9. The zero-order valence-corrected chi connectivity index (χ0v) is 9.93. The number of benzene rings is 1. The van der Waals surface area contributed by atoms with Gasteiger partial charge in [-0.05, 0) is 44.0 Å². The Morgan fingerprint density at radius 2 is 2.13 bits per heavy atom. The molecule has 15 heavy (non-hydrogen) atoms. The fraction of sp³-hybridized carbons (Fsp3) is 0.500. The van der Waals surface area contributed by atoms with Crippen molar-refractivity contribution in [2.24, 2.45) is 0 Å². The third kappa shape index (κ3) is 1.97. The SMILES string of the molecule is CC1Cc2cc(C(C)(C)O)cc(Cl)c2O1. The second-order valence-electron chi connectivity index (χ2n) is 4.64. The van der Waals surface area contributed by atoms with Crippen molar-refractivity contribution >= 4 is 11.6 Å². The fourth-order valence-corrected chi connectivity index (χ4v) is 2.12. The molecule has 82 valence electrons. The van der Waals surface area contributed by atoms with E-state index in [4.69, 9.17) is 16.3 Å². The van der Waals surface area contributed by atoms with Crippen LogP contribution in [-0.4, -0.2) is 11.2 Å². The third-order valence-electron chi connectivity index (χ3n) is 2.65. The van der Waals surface area contributed by atoms with Gasteiger partial charge in [-0.15, -0.1) is 0 Å². The van der Waals surface area contributed by atoms with Crippen LogP contribution in [0.2, 0.25) is 5.02 Å². The maximum Gasteiger partial charge on any atom is 0.141 e. The van der Waals surface area contributed by atoms with E-state index in [-0.39, 0.29) is 6.10 Å². The maximum absolute atomic E-state index is 9.91. The van der Waals surface area contributed by atoms with E-state index in [1.165, 1.54) is 0 Å². The molecule has 1 atom stereocenters. The summed E-state index contributed by atoms with van der Waals surface area (Å²) in [6.07, 6.45) is 1.04. The Bertz CT molecular complexity index is 393. The topological polar surface area (TPSA) is 29.5 Å². The van der Waals surface area contributed by atoms with Crippen LogP contribution in [-0.2, 0) is 12.0 Å². The second kappa shape index (κ2) is 3.39. The molecule has 1 aliphatic heterocycles. The lowest BCUT2D eigenvalue weighted by Crippen LogP contribution is -2.15. The van der Waals surface area contributed by atoms with Gasteiger partial charge in [0.15, 0.2) is 0 Å². The summed E-state index contributed by atoms with van der Waals surface area (Å²) < 4.78 is 5.59. The van der Waals surface area contributed by atoms with E-state index in [0.29, 0.717) is 5.02 Å². The molecule has 0 radical (unpaired) electrons. The molecule has 0 amide bonds. The molecule has 0 saturated carbocycles. The van der Waals surface area contributed by atoms with Crippen molar-refractivity contribution in [2.75, 3.05) is 0 Å². The Morgan fingerprint density at radius 1 is 1.47 bits per heavy atom. The van der Waals surface area contributed by atoms with Gasteiger partial charge in [0, 0.05) is 6.42 Å². The van der Waals surface area contributed by atoms with Crippen LogP contribution in [0, 0.1) is 0 Å². The highest BCUT2D eigenvalue weighted by atomic mass is 35.5. The summed E-state index contributed by atoms with van der Waals surface area (Å²) in [6.45, 7) is 5.52. The average Bonchev–Trinajstić information content (AvgIpc) is 2.44. The minimum absolute atomic E-state index is 0.176. The van der Waals surface area contributed by atoms with Gasteiger partial charge in [0.25, 0.3) is 0 Å². The Hall–Kier alpha value is -0.730. The summed E-state index contributed by atoms with van der Waals surface area (Å²) in [5.41, 5.74) is 1.07. The third-order valence-corrected chi connectivity index (χ3v) is 2.93. The highest BCUT2D eigenvalue weighted by molar-refractivity contribution is 6.32. The molecule has 0 fully saturated rings. The number of aliphatic hydroxyl groups is 1. The zero-order chi connectivity index (χ0) is 11.2. The Kier molecular flexibility index (Phi) is 2.44. The van der Waals surface area contributed by atoms with Crippen molar-refractivity contribution in [3.8, 4) is 5.75 Å². The first-order chi connectivity index (χ1) is 6.88. The largest absolute Gasteiger partial charge is 0.489 e.